The first-order valence-corrected chi connectivity index (χ1v) is 7.44. The molecule has 1 aliphatic rings. The highest BCUT2D eigenvalue weighted by molar-refractivity contribution is 9.10. The molecule has 0 aromatic heterocycles. The molecule has 2 atom stereocenters. The van der Waals surface area contributed by atoms with E-state index in [1.165, 1.54) is 0 Å². The van der Waals surface area contributed by atoms with Crippen LogP contribution in [0.4, 0.5) is 0 Å². The van der Waals surface area contributed by atoms with Crippen LogP contribution in [-0.2, 0) is 4.74 Å². The van der Waals surface area contributed by atoms with Gasteiger partial charge in [-0.05, 0) is 43.9 Å². The second-order valence-electron chi connectivity index (χ2n) is 4.68. The molecule has 1 heterocycles. The summed E-state index contributed by atoms with van der Waals surface area (Å²) in [6.07, 6.45) is 3.38. The standard InChI is InChI=1S/C14H18BrClO2/c1-9-6-14(17-2)11(8-12(9)15)13(16)7-10-4-3-5-18-10/h6,8,10,13H,3-5,7H2,1-2H3. The van der Waals surface area contributed by atoms with E-state index in [0.29, 0.717) is 0 Å². The molecular weight excluding hydrogens is 316 g/mol. The van der Waals surface area contributed by atoms with Gasteiger partial charge in [0.1, 0.15) is 5.75 Å². The molecule has 1 aromatic rings. The average Bonchev–Trinajstić information content (AvgIpc) is 2.84. The molecule has 0 radical (unpaired) electrons. The molecule has 4 heteroatoms. The Morgan fingerprint density at radius 3 is 2.94 bits per heavy atom. The Morgan fingerprint density at radius 1 is 1.56 bits per heavy atom. The van der Waals surface area contributed by atoms with E-state index in [4.69, 9.17) is 21.1 Å². The monoisotopic (exact) mass is 332 g/mol. The van der Waals surface area contributed by atoms with Gasteiger partial charge in [-0.1, -0.05) is 15.9 Å². The van der Waals surface area contributed by atoms with E-state index in [9.17, 15) is 0 Å². The van der Waals surface area contributed by atoms with Crippen LogP contribution in [0.25, 0.3) is 0 Å². The molecule has 100 valence electrons. The van der Waals surface area contributed by atoms with Crippen LogP contribution >= 0.6 is 27.5 Å². The van der Waals surface area contributed by atoms with Crippen molar-refractivity contribution in [3.8, 4) is 5.75 Å². The Bertz CT molecular complexity index is 417. The summed E-state index contributed by atoms with van der Waals surface area (Å²) in [5, 5.41) is -0.0695. The lowest BCUT2D eigenvalue weighted by atomic mass is 10.0. The van der Waals surface area contributed by atoms with Gasteiger partial charge in [-0.2, -0.15) is 0 Å². The van der Waals surface area contributed by atoms with Gasteiger partial charge in [0.25, 0.3) is 0 Å². The third-order valence-corrected chi connectivity index (χ3v) is 4.61. The summed E-state index contributed by atoms with van der Waals surface area (Å²) in [5.41, 5.74) is 2.18. The third-order valence-electron chi connectivity index (χ3n) is 3.34. The highest BCUT2D eigenvalue weighted by Crippen LogP contribution is 2.38. The van der Waals surface area contributed by atoms with E-state index in [-0.39, 0.29) is 11.5 Å². The fraction of sp³-hybridized carbons (Fsp3) is 0.571. The van der Waals surface area contributed by atoms with Gasteiger partial charge >= 0.3 is 0 Å². The number of ether oxygens (including phenoxy) is 2. The molecule has 2 rings (SSSR count). The molecular formula is C14H18BrClO2. The minimum Gasteiger partial charge on any atom is -0.496 e. The van der Waals surface area contributed by atoms with Gasteiger partial charge in [0.15, 0.2) is 0 Å². The minimum absolute atomic E-state index is 0.0695. The first-order chi connectivity index (χ1) is 8.61. The van der Waals surface area contributed by atoms with Gasteiger partial charge in [0.2, 0.25) is 0 Å². The second-order valence-corrected chi connectivity index (χ2v) is 6.06. The number of methoxy groups -OCH3 is 1. The predicted molar refractivity (Wildman–Crippen MR) is 77.6 cm³/mol. The molecule has 0 bridgehead atoms. The normalized spacial score (nSPS) is 21.0. The van der Waals surface area contributed by atoms with Crippen molar-refractivity contribution in [1.82, 2.24) is 0 Å². The van der Waals surface area contributed by atoms with Crippen molar-refractivity contribution in [2.45, 2.75) is 37.7 Å². The largest absolute Gasteiger partial charge is 0.496 e. The Morgan fingerprint density at radius 2 is 2.33 bits per heavy atom. The topological polar surface area (TPSA) is 18.5 Å². The average molecular weight is 334 g/mol. The van der Waals surface area contributed by atoms with Crippen LogP contribution in [-0.4, -0.2) is 19.8 Å². The molecule has 0 aliphatic carbocycles. The van der Waals surface area contributed by atoms with Gasteiger partial charge < -0.3 is 9.47 Å². The number of hydrogen-bond acceptors (Lipinski definition) is 2. The summed E-state index contributed by atoms with van der Waals surface area (Å²) in [5.74, 6) is 0.855. The number of hydrogen-bond donors (Lipinski definition) is 0. The molecule has 1 aromatic carbocycles. The van der Waals surface area contributed by atoms with Gasteiger partial charge in [0, 0.05) is 16.6 Å². The van der Waals surface area contributed by atoms with E-state index in [0.717, 1.165) is 47.2 Å². The highest BCUT2D eigenvalue weighted by atomic mass is 79.9. The Labute approximate surface area is 122 Å². The maximum atomic E-state index is 6.51. The van der Waals surface area contributed by atoms with Gasteiger partial charge in [0.05, 0.1) is 18.6 Å². The van der Waals surface area contributed by atoms with Crippen molar-refractivity contribution in [2.75, 3.05) is 13.7 Å². The van der Waals surface area contributed by atoms with Gasteiger partial charge in [-0.25, -0.2) is 0 Å². The quantitative estimate of drug-likeness (QED) is 0.749. The molecule has 0 spiro atoms. The van der Waals surface area contributed by atoms with Crippen molar-refractivity contribution in [3.05, 3.63) is 27.7 Å². The summed E-state index contributed by atoms with van der Waals surface area (Å²) >= 11 is 10.1. The molecule has 1 saturated heterocycles. The first-order valence-electron chi connectivity index (χ1n) is 6.21. The van der Waals surface area contributed by atoms with E-state index >= 15 is 0 Å². The number of aryl methyl sites for hydroxylation is 1. The van der Waals surface area contributed by atoms with Crippen LogP contribution in [0.1, 0.15) is 35.8 Å². The molecule has 0 N–H and O–H groups in total. The Hall–Kier alpha value is -0.250. The molecule has 0 saturated carbocycles. The van der Waals surface area contributed by atoms with Crippen LogP contribution in [0.15, 0.2) is 16.6 Å². The lowest BCUT2D eigenvalue weighted by molar-refractivity contribution is 0.103. The summed E-state index contributed by atoms with van der Waals surface area (Å²) in [6, 6.07) is 4.07. The zero-order valence-electron chi connectivity index (χ0n) is 10.7. The fourth-order valence-electron chi connectivity index (χ4n) is 2.28. The molecule has 2 nitrogen and oxygen atoms in total. The Balaban J connectivity index is 2.17. The molecule has 1 aliphatic heterocycles. The maximum absolute atomic E-state index is 6.51. The first kappa shape index (κ1) is 14.2. The summed E-state index contributed by atoms with van der Waals surface area (Å²) in [6.45, 7) is 2.91. The second kappa shape index (κ2) is 6.27. The van der Waals surface area contributed by atoms with E-state index in [2.05, 4.69) is 22.0 Å². The van der Waals surface area contributed by atoms with Crippen molar-refractivity contribution >= 4 is 27.5 Å². The summed E-state index contributed by atoms with van der Waals surface area (Å²) in [4.78, 5) is 0. The minimum atomic E-state index is -0.0695. The van der Waals surface area contributed by atoms with Crippen LogP contribution in [0.2, 0.25) is 0 Å². The van der Waals surface area contributed by atoms with Crippen LogP contribution in [0.3, 0.4) is 0 Å². The zero-order chi connectivity index (χ0) is 13.1. The predicted octanol–water partition coefficient (Wildman–Crippen LogP) is 4.62. The SMILES string of the molecule is COc1cc(C)c(Br)cc1C(Cl)CC1CCCO1. The van der Waals surface area contributed by atoms with Crippen molar-refractivity contribution in [2.24, 2.45) is 0 Å². The van der Waals surface area contributed by atoms with Crippen molar-refractivity contribution in [3.63, 3.8) is 0 Å². The van der Waals surface area contributed by atoms with Crippen molar-refractivity contribution < 1.29 is 9.47 Å². The number of benzene rings is 1. The lowest BCUT2D eigenvalue weighted by Gasteiger charge is -2.18. The van der Waals surface area contributed by atoms with E-state index in [1.807, 2.05) is 13.0 Å². The smallest absolute Gasteiger partial charge is 0.123 e. The summed E-state index contributed by atoms with van der Waals surface area (Å²) < 4.78 is 12.1. The third kappa shape index (κ3) is 3.19. The molecule has 18 heavy (non-hydrogen) atoms. The summed E-state index contributed by atoms with van der Waals surface area (Å²) in [7, 11) is 1.68. The molecule has 2 unspecified atom stereocenters. The number of alkyl halides is 1. The Kier molecular flexibility index (Phi) is 4.93. The molecule has 1 fully saturated rings. The van der Waals surface area contributed by atoms with Gasteiger partial charge in [-0.3, -0.25) is 0 Å². The number of rotatable bonds is 4. The zero-order valence-corrected chi connectivity index (χ0v) is 13.1. The van der Waals surface area contributed by atoms with E-state index in [1.54, 1.807) is 7.11 Å². The van der Waals surface area contributed by atoms with E-state index < -0.39 is 0 Å². The lowest BCUT2D eigenvalue weighted by Crippen LogP contribution is -2.09. The van der Waals surface area contributed by atoms with Gasteiger partial charge in [-0.15, -0.1) is 11.6 Å². The van der Waals surface area contributed by atoms with Crippen LogP contribution in [0.5, 0.6) is 5.75 Å². The number of halogens is 2. The highest BCUT2D eigenvalue weighted by Gasteiger charge is 2.23. The van der Waals surface area contributed by atoms with Crippen molar-refractivity contribution in [1.29, 1.82) is 0 Å². The fourth-order valence-corrected chi connectivity index (χ4v) is 3.01. The maximum Gasteiger partial charge on any atom is 0.123 e. The molecule has 0 amide bonds. The van der Waals surface area contributed by atoms with Crippen LogP contribution in [0, 0.1) is 6.92 Å². The van der Waals surface area contributed by atoms with Crippen LogP contribution < -0.4 is 4.74 Å².